The van der Waals surface area contributed by atoms with Crippen LogP contribution in [0, 0.1) is 0 Å². The average Bonchev–Trinajstić information content (AvgIpc) is 2.85. The Balaban J connectivity index is 1.86. The predicted octanol–water partition coefficient (Wildman–Crippen LogP) is -0.232. The van der Waals surface area contributed by atoms with Gasteiger partial charge in [-0.05, 0) is 0 Å². The number of hydrogen-bond acceptors (Lipinski definition) is 5. The van der Waals surface area contributed by atoms with Crippen molar-refractivity contribution in [2.24, 2.45) is 5.73 Å². The number of fused-ring (bicyclic) bond motifs is 1. The summed E-state index contributed by atoms with van der Waals surface area (Å²) < 4.78 is 17.0. The van der Waals surface area contributed by atoms with E-state index in [0.717, 1.165) is 10.6 Å². The molecule has 3 aliphatic heterocycles. The van der Waals surface area contributed by atoms with E-state index >= 15 is 0 Å². The summed E-state index contributed by atoms with van der Waals surface area (Å²) in [6.45, 7) is 0. The Morgan fingerprint density at radius 3 is 2.73 bits per heavy atom. The number of hydrogen-bond donors (Lipinski definition) is 1. The van der Waals surface area contributed by atoms with Gasteiger partial charge in [-0.3, -0.25) is 4.79 Å². The highest BCUT2D eigenvalue weighted by Crippen LogP contribution is 2.70. The van der Waals surface area contributed by atoms with Crippen molar-refractivity contribution < 1.29 is 13.8 Å². The van der Waals surface area contributed by atoms with Crippen molar-refractivity contribution in [2.45, 2.75) is 0 Å². The fourth-order valence-electron chi connectivity index (χ4n) is 1.76. The molecule has 5 heterocycles. The van der Waals surface area contributed by atoms with Crippen LogP contribution in [0.2, 0.25) is 0 Å². The fraction of sp³-hybridized carbons (Fsp3) is 0. The van der Waals surface area contributed by atoms with Gasteiger partial charge in [-0.2, -0.15) is 0 Å². The van der Waals surface area contributed by atoms with E-state index in [4.69, 9.17) is 10.2 Å². The lowest BCUT2D eigenvalue weighted by Gasteiger charge is -1.85. The van der Waals surface area contributed by atoms with Crippen molar-refractivity contribution in [3.05, 3.63) is 10.4 Å². The van der Waals surface area contributed by atoms with Gasteiger partial charge in [0.2, 0.25) is 7.14 Å². The Bertz CT molecular complexity index is 690. The number of carbonyl (C=O) groups is 1. The van der Waals surface area contributed by atoms with Crippen LogP contribution in [0.15, 0.2) is 9.80 Å². The van der Waals surface area contributed by atoms with Crippen LogP contribution in [-0.2, 0) is 4.57 Å². The average molecular weight is 238 g/mol. The third-order valence-corrected chi connectivity index (χ3v) is 6.01. The molecule has 3 aliphatic rings. The van der Waals surface area contributed by atoms with Gasteiger partial charge in [-0.15, -0.1) is 11.3 Å². The van der Waals surface area contributed by atoms with E-state index in [0.29, 0.717) is 17.0 Å². The van der Waals surface area contributed by atoms with E-state index in [9.17, 15) is 9.36 Å². The monoisotopic (exact) mass is 238 g/mol. The number of thiazole rings is 1. The molecule has 1 atom stereocenters. The first kappa shape index (κ1) is 7.84. The molecule has 0 aromatic carbocycles. The fourth-order valence-corrected chi connectivity index (χ4v) is 4.91. The Hall–Kier alpha value is -1.39. The van der Waals surface area contributed by atoms with E-state index in [-0.39, 0.29) is 5.01 Å². The van der Waals surface area contributed by atoms with Crippen LogP contribution >= 0.6 is 18.5 Å². The zero-order valence-electron chi connectivity index (χ0n) is 7.18. The first-order chi connectivity index (χ1) is 7.14. The smallest absolute Gasteiger partial charge is 0.277 e. The summed E-state index contributed by atoms with van der Waals surface area (Å²) in [6.07, 6.45) is 0. The SMILES string of the molecule is NC(=O)c1nc(-c2oc3c4c2P34=O)cs1. The number of nitrogens with zero attached hydrogens (tertiary/aromatic N) is 1. The van der Waals surface area contributed by atoms with Crippen molar-refractivity contribution in [2.75, 3.05) is 0 Å². The molecule has 0 radical (unpaired) electrons. The maximum Gasteiger partial charge on any atom is 0.277 e. The second-order valence-electron chi connectivity index (χ2n) is 3.44. The van der Waals surface area contributed by atoms with E-state index in [1.807, 2.05) is 0 Å². The maximum atomic E-state index is 11.7. The molecule has 7 heteroatoms. The highest BCUT2D eigenvalue weighted by Gasteiger charge is 2.74. The van der Waals surface area contributed by atoms with Gasteiger partial charge in [-0.1, -0.05) is 0 Å². The summed E-state index contributed by atoms with van der Waals surface area (Å²) in [6, 6.07) is 0. The van der Waals surface area contributed by atoms with Crippen LogP contribution in [0.4, 0.5) is 0 Å². The molecule has 0 fully saturated rings. The molecule has 1 amide bonds. The van der Waals surface area contributed by atoms with Crippen molar-refractivity contribution in [3.8, 4) is 11.5 Å². The van der Waals surface area contributed by atoms with Gasteiger partial charge in [0.25, 0.3) is 5.91 Å². The highest BCUT2D eigenvalue weighted by molar-refractivity contribution is 8.06. The lowest BCUT2D eigenvalue weighted by Crippen LogP contribution is -2.10. The molecule has 1 unspecified atom stereocenters. The first-order valence-corrected chi connectivity index (χ1v) is 6.77. The topological polar surface area (TPSA) is 86.2 Å². The molecule has 74 valence electrons. The molecule has 2 bridgehead atoms. The van der Waals surface area contributed by atoms with Gasteiger partial charge in [0.05, 0.1) is 10.6 Å². The minimum Gasteiger partial charge on any atom is -0.449 e. The lowest BCUT2D eigenvalue weighted by molar-refractivity contribution is 0.1000. The largest absolute Gasteiger partial charge is 0.449 e. The molecule has 0 aliphatic carbocycles. The molecule has 2 N–H and O–H groups in total. The number of aromatic nitrogens is 1. The number of primary amides is 1. The Morgan fingerprint density at radius 2 is 2.27 bits per heavy atom. The molecule has 2 aromatic rings. The van der Waals surface area contributed by atoms with Gasteiger partial charge >= 0.3 is 0 Å². The van der Waals surface area contributed by atoms with Crippen molar-refractivity contribution >= 4 is 40.5 Å². The number of amides is 1. The summed E-state index contributed by atoms with van der Waals surface area (Å²) in [5.41, 5.74) is 6.29. The quantitative estimate of drug-likeness (QED) is 0.488. The van der Waals surface area contributed by atoms with Gasteiger partial charge in [0, 0.05) is 5.38 Å². The third kappa shape index (κ3) is 0.682. The van der Waals surface area contributed by atoms with Crippen LogP contribution in [0.5, 0.6) is 0 Å². The molecule has 15 heavy (non-hydrogen) atoms. The number of nitrogens with two attached hydrogens (primary N) is 1. The normalized spacial score (nSPS) is 23.7. The minimum absolute atomic E-state index is 0.245. The van der Waals surface area contributed by atoms with Crippen LogP contribution < -0.4 is 21.8 Å². The summed E-state index contributed by atoms with van der Waals surface area (Å²) in [5.74, 6) is 0.00793. The Morgan fingerprint density at radius 1 is 1.53 bits per heavy atom. The second kappa shape index (κ2) is 1.94. The second-order valence-corrected chi connectivity index (χ2v) is 6.82. The van der Waals surface area contributed by atoms with E-state index in [1.165, 1.54) is 11.3 Å². The van der Waals surface area contributed by atoms with Crippen molar-refractivity contribution in [1.29, 1.82) is 0 Å². The van der Waals surface area contributed by atoms with E-state index in [1.54, 1.807) is 5.38 Å². The van der Waals surface area contributed by atoms with Gasteiger partial charge in [-0.25, -0.2) is 4.98 Å². The Kier molecular flexibility index (Phi) is 1.01. The molecular formula is C8H3N2O3PS. The summed E-state index contributed by atoms with van der Waals surface area (Å²) in [7, 11) is -2.19. The van der Waals surface area contributed by atoms with E-state index in [2.05, 4.69) is 4.98 Å². The molecule has 5 nitrogen and oxygen atoms in total. The van der Waals surface area contributed by atoms with Crippen molar-refractivity contribution in [1.82, 2.24) is 4.98 Å². The summed E-state index contributed by atoms with van der Waals surface area (Å²) in [5, 5.41) is 3.65. The zero-order valence-corrected chi connectivity index (χ0v) is 8.89. The molecule has 0 spiro atoms. The summed E-state index contributed by atoms with van der Waals surface area (Å²) in [4.78, 5) is 14.9. The molecule has 0 saturated carbocycles. The van der Waals surface area contributed by atoms with E-state index < -0.39 is 13.0 Å². The first-order valence-electron chi connectivity index (χ1n) is 4.18. The number of rotatable bonds is 2. The molecule has 2 aromatic heterocycles. The van der Waals surface area contributed by atoms with Crippen molar-refractivity contribution in [3.63, 3.8) is 0 Å². The minimum atomic E-state index is -2.19. The zero-order chi connectivity index (χ0) is 10.4. The molecule has 0 saturated heterocycles. The Labute approximate surface area is 87.3 Å². The molecule has 5 rings (SSSR count). The van der Waals surface area contributed by atoms with Crippen LogP contribution in [-0.4, -0.2) is 10.9 Å². The lowest BCUT2D eigenvalue weighted by atomic mass is 10.4. The molecular weight excluding hydrogens is 235 g/mol. The van der Waals surface area contributed by atoms with Crippen LogP contribution in [0.25, 0.3) is 11.5 Å². The predicted molar refractivity (Wildman–Crippen MR) is 54.8 cm³/mol. The van der Waals surface area contributed by atoms with Crippen LogP contribution in [0.1, 0.15) is 9.80 Å². The van der Waals surface area contributed by atoms with Gasteiger partial charge < -0.3 is 14.7 Å². The summed E-state index contributed by atoms with van der Waals surface area (Å²) >= 11 is 1.17. The number of carbonyl (C=O) groups excluding carboxylic acids is 1. The maximum absolute atomic E-state index is 11.7. The number of furan rings is 1. The highest BCUT2D eigenvalue weighted by atomic mass is 32.1. The third-order valence-electron chi connectivity index (χ3n) is 2.60. The van der Waals surface area contributed by atoms with Crippen LogP contribution in [0.3, 0.4) is 0 Å². The van der Waals surface area contributed by atoms with Gasteiger partial charge in [0.1, 0.15) is 5.69 Å². The van der Waals surface area contributed by atoms with Gasteiger partial charge in [0.15, 0.2) is 16.3 Å². The standard InChI is InChI=1S/C8H3N2O3PS/c9-6(11)7-10-2(1-15-7)3-4-5-8(13-3)14(4,5)12/h1H,(H2,9,11).